The Balaban J connectivity index is 2.08. The molecule has 0 bridgehead atoms. The van der Waals surface area contributed by atoms with E-state index in [1.807, 2.05) is 57.2 Å². The van der Waals surface area contributed by atoms with Crippen molar-refractivity contribution < 1.29 is 23.3 Å². The minimum absolute atomic E-state index is 0.0262. The number of benzene rings is 1. The molecule has 3 atom stereocenters. The van der Waals surface area contributed by atoms with Gasteiger partial charge in [-0.15, -0.1) is 0 Å². The Labute approximate surface area is 175 Å². The van der Waals surface area contributed by atoms with Gasteiger partial charge in [0, 0.05) is 40.6 Å². The quantitative estimate of drug-likeness (QED) is 0.519. The summed E-state index contributed by atoms with van der Waals surface area (Å²) >= 11 is 0. The molecule has 1 amide bonds. The SMILES string of the molecule is COC(=O)/C=C/[C@H]1C[C@@H](CS(=O)/C=C/c2ccccc2)N(C(=O)OC(C)(C)C)C1. The van der Waals surface area contributed by atoms with Gasteiger partial charge in [-0.05, 0) is 44.7 Å². The van der Waals surface area contributed by atoms with Gasteiger partial charge in [0.2, 0.25) is 0 Å². The van der Waals surface area contributed by atoms with E-state index in [1.165, 1.54) is 13.2 Å². The number of esters is 1. The zero-order valence-electron chi connectivity index (χ0n) is 17.4. The smallest absolute Gasteiger partial charge is 0.410 e. The molecule has 158 valence electrons. The molecule has 7 heteroatoms. The van der Waals surface area contributed by atoms with E-state index in [0.29, 0.717) is 18.7 Å². The van der Waals surface area contributed by atoms with Crippen molar-refractivity contribution >= 4 is 28.9 Å². The molecule has 1 aliphatic heterocycles. The number of amides is 1. The maximum absolute atomic E-state index is 12.6. The summed E-state index contributed by atoms with van der Waals surface area (Å²) in [4.78, 5) is 25.6. The summed E-state index contributed by atoms with van der Waals surface area (Å²) in [6.45, 7) is 5.84. The number of nitrogens with zero attached hydrogens (tertiary/aromatic N) is 1. The van der Waals surface area contributed by atoms with Gasteiger partial charge in [0.15, 0.2) is 0 Å². The lowest BCUT2D eigenvalue weighted by molar-refractivity contribution is -0.134. The highest BCUT2D eigenvalue weighted by atomic mass is 32.2. The molecular formula is C22H29NO5S. The molecular weight excluding hydrogens is 390 g/mol. The first-order valence-corrected chi connectivity index (χ1v) is 10.9. The van der Waals surface area contributed by atoms with Gasteiger partial charge in [-0.3, -0.25) is 4.21 Å². The number of hydrogen-bond donors (Lipinski definition) is 0. The van der Waals surface area contributed by atoms with Crippen LogP contribution in [0.5, 0.6) is 0 Å². The molecule has 1 unspecified atom stereocenters. The molecule has 0 saturated carbocycles. The van der Waals surface area contributed by atoms with Gasteiger partial charge in [0.1, 0.15) is 5.60 Å². The second kappa shape index (κ2) is 10.4. The maximum Gasteiger partial charge on any atom is 0.410 e. The van der Waals surface area contributed by atoms with Crippen molar-refractivity contribution in [3.8, 4) is 0 Å². The van der Waals surface area contributed by atoms with Gasteiger partial charge in [-0.1, -0.05) is 36.4 Å². The topological polar surface area (TPSA) is 72.9 Å². The summed E-state index contributed by atoms with van der Waals surface area (Å²) in [6.07, 6.45) is 5.11. The molecule has 0 spiro atoms. The highest BCUT2D eigenvalue weighted by Crippen LogP contribution is 2.27. The third-order valence-electron chi connectivity index (χ3n) is 4.35. The molecule has 0 aliphatic carbocycles. The average molecular weight is 420 g/mol. The molecule has 1 heterocycles. The number of carbonyl (C=O) groups is 2. The van der Waals surface area contributed by atoms with Crippen molar-refractivity contribution in [3.63, 3.8) is 0 Å². The van der Waals surface area contributed by atoms with Crippen LogP contribution in [0.3, 0.4) is 0 Å². The summed E-state index contributed by atoms with van der Waals surface area (Å²) in [6, 6.07) is 9.39. The Hall–Kier alpha value is -2.41. The first-order chi connectivity index (χ1) is 13.7. The van der Waals surface area contributed by atoms with Gasteiger partial charge in [-0.2, -0.15) is 0 Å². The van der Waals surface area contributed by atoms with E-state index in [-0.39, 0.29) is 12.0 Å². The van der Waals surface area contributed by atoms with Gasteiger partial charge < -0.3 is 14.4 Å². The lowest BCUT2D eigenvalue weighted by atomic mass is 10.1. The van der Waals surface area contributed by atoms with Crippen molar-refractivity contribution in [2.45, 2.75) is 38.8 Å². The molecule has 0 N–H and O–H groups in total. The van der Waals surface area contributed by atoms with E-state index in [9.17, 15) is 13.8 Å². The number of ether oxygens (including phenoxy) is 2. The van der Waals surface area contributed by atoms with Crippen LogP contribution in [-0.4, -0.2) is 52.2 Å². The highest BCUT2D eigenvalue weighted by Gasteiger charge is 2.37. The summed E-state index contributed by atoms with van der Waals surface area (Å²) < 4.78 is 22.7. The van der Waals surface area contributed by atoms with E-state index < -0.39 is 28.5 Å². The van der Waals surface area contributed by atoms with E-state index in [2.05, 4.69) is 4.74 Å². The van der Waals surface area contributed by atoms with Crippen LogP contribution >= 0.6 is 0 Å². The predicted molar refractivity (Wildman–Crippen MR) is 114 cm³/mol. The van der Waals surface area contributed by atoms with Crippen LogP contribution in [0.25, 0.3) is 6.08 Å². The Kier molecular flexibility index (Phi) is 8.20. The third kappa shape index (κ3) is 7.85. The summed E-state index contributed by atoms with van der Waals surface area (Å²) in [5.74, 6) is -0.154. The van der Waals surface area contributed by atoms with Crippen LogP contribution in [0.15, 0.2) is 47.9 Å². The van der Waals surface area contributed by atoms with E-state index in [4.69, 9.17) is 4.74 Å². The van der Waals surface area contributed by atoms with Gasteiger partial charge in [0.05, 0.1) is 7.11 Å². The Morgan fingerprint density at radius 2 is 1.93 bits per heavy atom. The van der Waals surface area contributed by atoms with E-state index in [0.717, 1.165) is 5.56 Å². The molecule has 1 fully saturated rings. The van der Waals surface area contributed by atoms with Crippen molar-refractivity contribution in [3.05, 3.63) is 53.5 Å². The summed E-state index contributed by atoms with van der Waals surface area (Å²) in [5.41, 5.74) is 0.351. The first-order valence-electron chi connectivity index (χ1n) is 9.54. The molecule has 6 nitrogen and oxygen atoms in total. The normalized spacial score (nSPS) is 20.9. The van der Waals surface area contributed by atoms with Gasteiger partial charge >= 0.3 is 12.1 Å². The van der Waals surface area contributed by atoms with Crippen LogP contribution < -0.4 is 0 Å². The van der Waals surface area contributed by atoms with Crippen molar-refractivity contribution in [1.82, 2.24) is 4.90 Å². The molecule has 1 aliphatic rings. The number of hydrogen-bond acceptors (Lipinski definition) is 5. The Morgan fingerprint density at radius 3 is 2.55 bits per heavy atom. The minimum Gasteiger partial charge on any atom is -0.466 e. The number of methoxy groups -OCH3 is 1. The lowest BCUT2D eigenvalue weighted by Crippen LogP contribution is -2.42. The van der Waals surface area contributed by atoms with Crippen molar-refractivity contribution in [2.24, 2.45) is 5.92 Å². The van der Waals surface area contributed by atoms with Crippen molar-refractivity contribution in [1.29, 1.82) is 0 Å². The molecule has 1 aromatic rings. The van der Waals surface area contributed by atoms with Crippen LogP contribution in [0.2, 0.25) is 0 Å². The number of rotatable bonds is 6. The summed E-state index contributed by atoms with van der Waals surface area (Å²) in [5, 5.41) is 1.65. The molecule has 0 radical (unpaired) electrons. The third-order valence-corrected chi connectivity index (χ3v) is 5.50. The second-order valence-corrected chi connectivity index (χ2v) is 9.29. The molecule has 0 aromatic heterocycles. The largest absolute Gasteiger partial charge is 0.466 e. The lowest BCUT2D eigenvalue weighted by Gasteiger charge is -2.28. The average Bonchev–Trinajstić information content (AvgIpc) is 3.06. The fourth-order valence-corrected chi connectivity index (χ4v) is 4.16. The Bertz CT molecular complexity index is 782. The molecule has 1 saturated heterocycles. The predicted octanol–water partition coefficient (Wildman–Crippen LogP) is 3.76. The Morgan fingerprint density at radius 1 is 1.24 bits per heavy atom. The molecule has 29 heavy (non-hydrogen) atoms. The van der Waals surface area contributed by atoms with Crippen LogP contribution in [0.4, 0.5) is 4.79 Å². The maximum atomic E-state index is 12.6. The van der Waals surface area contributed by atoms with Crippen molar-refractivity contribution in [2.75, 3.05) is 19.4 Å². The van der Waals surface area contributed by atoms with Crippen LogP contribution in [0.1, 0.15) is 32.8 Å². The van der Waals surface area contributed by atoms with Crippen LogP contribution in [0, 0.1) is 5.92 Å². The monoisotopic (exact) mass is 419 g/mol. The zero-order valence-corrected chi connectivity index (χ0v) is 18.2. The summed E-state index contributed by atoms with van der Waals surface area (Å²) in [7, 11) is 0.0731. The highest BCUT2D eigenvalue weighted by molar-refractivity contribution is 7.88. The zero-order chi connectivity index (χ0) is 21.4. The molecule has 1 aromatic carbocycles. The van der Waals surface area contributed by atoms with Gasteiger partial charge in [0.25, 0.3) is 0 Å². The second-order valence-electron chi connectivity index (χ2n) is 7.93. The first kappa shape index (κ1) is 22.9. The fourth-order valence-electron chi connectivity index (χ4n) is 3.04. The minimum atomic E-state index is -1.25. The molecule has 2 rings (SSSR count). The van der Waals surface area contributed by atoms with Crippen LogP contribution in [-0.2, 0) is 25.1 Å². The standard InChI is InChI=1S/C22H29NO5S/c1-22(2,3)28-21(25)23-15-18(10-11-20(24)27-4)14-19(23)16-29(26)13-12-17-8-6-5-7-9-17/h5-13,18-19H,14-16H2,1-4H3/b11-10+,13-12+/t18-,19-,29?/m0/s1. The fraction of sp³-hybridized carbons (Fsp3) is 0.455. The van der Waals surface area contributed by atoms with E-state index in [1.54, 1.807) is 16.4 Å². The van der Waals surface area contributed by atoms with E-state index >= 15 is 0 Å². The number of carbonyl (C=O) groups excluding carboxylic acids is 2. The van der Waals surface area contributed by atoms with Gasteiger partial charge in [-0.25, -0.2) is 9.59 Å². The number of likely N-dealkylation sites (tertiary alicyclic amines) is 1.